The number of nitrogen functional groups attached to an aromatic ring is 1. The lowest BCUT2D eigenvalue weighted by Crippen LogP contribution is -2.22. The highest BCUT2D eigenvalue weighted by Crippen LogP contribution is 2.19. The zero-order valence-corrected chi connectivity index (χ0v) is 11.1. The Morgan fingerprint density at radius 2 is 2.24 bits per heavy atom. The molecule has 0 unspecified atom stereocenters. The second-order valence-corrected chi connectivity index (χ2v) is 5.86. The number of rotatable bonds is 3. The molecule has 0 atom stereocenters. The Bertz CT molecular complexity index is 546. The van der Waals surface area contributed by atoms with Gasteiger partial charge in [-0.05, 0) is 13.8 Å². The molecule has 5 nitrogen and oxygen atoms in total. The van der Waals surface area contributed by atoms with Gasteiger partial charge in [-0.15, -0.1) is 11.3 Å². The van der Waals surface area contributed by atoms with E-state index in [4.69, 9.17) is 5.73 Å². The van der Waals surface area contributed by atoms with Gasteiger partial charge >= 0.3 is 0 Å². The van der Waals surface area contributed by atoms with E-state index in [1.807, 2.05) is 6.92 Å². The summed E-state index contributed by atoms with van der Waals surface area (Å²) in [5.41, 5.74) is 6.21. The average Bonchev–Trinajstić information content (AvgIpc) is 2.81. The van der Waals surface area contributed by atoms with Gasteiger partial charge < -0.3 is 11.1 Å². The van der Waals surface area contributed by atoms with Crippen molar-refractivity contribution in [1.82, 2.24) is 15.3 Å². The molecule has 2 rings (SSSR count). The van der Waals surface area contributed by atoms with Crippen LogP contribution in [0, 0.1) is 13.8 Å². The molecule has 0 aliphatic rings. The van der Waals surface area contributed by atoms with E-state index in [-0.39, 0.29) is 5.91 Å². The van der Waals surface area contributed by atoms with E-state index in [1.165, 1.54) is 11.3 Å². The second kappa shape index (κ2) is 4.80. The summed E-state index contributed by atoms with van der Waals surface area (Å²) >= 11 is 2.77. The molecule has 0 saturated heterocycles. The standard InChI is InChI=1S/C10H12N4OS2/c1-5-3-12-7(16-5)4-13-9(15)8-6(2)14-10(11)17-8/h3H,4H2,1-2H3,(H2,11,14)(H,13,15). The second-order valence-electron chi connectivity index (χ2n) is 3.51. The molecule has 0 aliphatic carbocycles. The first kappa shape index (κ1) is 12.0. The zero-order valence-electron chi connectivity index (χ0n) is 9.48. The quantitative estimate of drug-likeness (QED) is 0.888. The molecule has 2 aromatic heterocycles. The van der Waals surface area contributed by atoms with Crippen LogP contribution in [0.25, 0.3) is 0 Å². The van der Waals surface area contributed by atoms with Crippen molar-refractivity contribution in [3.63, 3.8) is 0 Å². The van der Waals surface area contributed by atoms with E-state index in [1.54, 1.807) is 24.5 Å². The fourth-order valence-electron chi connectivity index (χ4n) is 1.35. The molecule has 0 radical (unpaired) electrons. The van der Waals surface area contributed by atoms with Crippen molar-refractivity contribution in [3.05, 3.63) is 26.7 Å². The molecule has 3 N–H and O–H groups in total. The first-order chi connectivity index (χ1) is 8.06. The lowest BCUT2D eigenvalue weighted by Gasteiger charge is -2.00. The van der Waals surface area contributed by atoms with Crippen LogP contribution in [0.3, 0.4) is 0 Å². The summed E-state index contributed by atoms with van der Waals surface area (Å²) in [4.78, 5) is 21.7. The molecule has 0 spiro atoms. The number of carbonyl (C=O) groups is 1. The Balaban J connectivity index is 2.00. The highest BCUT2D eigenvalue weighted by atomic mass is 32.1. The Kier molecular flexibility index (Phi) is 3.39. The molecule has 7 heteroatoms. The van der Waals surface area contributed by atoms with Gasteiger partial charge in [0.25, 0.3) is 5.91 Å². The predicted molar refractivity (Wildman–Crippen MR) is 69.3 cm³/mol. The monoisotopic (exact) mass is 268 g/mol. The molecule has 0 aliphatic heterocycles. The van der Waals surface area contributed by atoms with Crippen molar-refractivity contribution in [1.29, 1.82) is 0 Å². The minimum atomic E-state index is -0.149. The number of hydrogen-bond donors (Lipinski definition) is 2. The Labute approximate surface area is 107 Å². The van der Waals surface area contributed by atoms with Gasteiger partial charge in [0.05, 0.1) is 12.2 Å². The summed E-state index contributed by atoms with van der Waals surface area (Å²) in [6.07, 6.45) is 1.79. The Morgan fingerprint density at radius 3 is 2.76 bits per heavy atom. The van der Waals surface area contributed by atoms with Crippen molar-refractivity contribution >= 4 is 33.7 Å². The maximum Gasteiger partial charge on any atom is 0.263 e. The van der Waals surface area contributed by atoms with E-state index >= 15 is 0 Å². The molecule has 0 bridgehead atoms. The first-order valence-electron chi connectivity index (χ1n) is 4.98. The van der Waals surface area contributed by atoms with Crippen molar-refractivity contribution in [2.75, 3.05) is 5.73 Å². The van der Waals surface area contributed by atoms with Crippen molar-refractivity contribution in [2.24, 2.45) is 0 Å². The molecule has 2 aromatic rings. The smallest absolute Gasteiger partial charge is 0.263 e. The van der Waals surface area contributed by atoms with Crippen LogP contribution < -0.4 is 11.1 Å². The van der Waals surface area contributed by atoms with Gasteiger partial charge in [-0.1, -0.05) is 11.3 Å². The molecule has 0 aromatic carbocycles. The molecule has 17 heavy (non-hydrogen) atoms. The van der Waals surface area contributed by atoms with Crippen LogP contribution in [0.15, 0.2) is 6.20 Å². The molecule has 1 amide bonds. The Morgan fingerprint density at radius 1 is 1.47 bits per heavy atom. The van der Waals surface area contributed by atoms with E-state index in [0.29, 0.717) is 22.2 Å². The van der Waals surface area contributed by atoms with Gasteiger partial charge in [-0.3, -0.25) is 4.79 Å². The number of carbonyl (C=O) groups excluding carboxylic acids is 1. The number of thiazole rings is 2. The predicted octanol–water partition coefficient (Wildman–Crippen LogP) is 1.73. The topological polar surface area (TPSA) is 80.9 Å². The van der Waals surface area contributed by atoms with Gasteiger partial charge in [0.1, 0.15) is 9.88 Å². The summed E-state index contributed by atoms with van der Waals surface area (Å²) in [7, 11) is 0. The normalized spacial score (nSPS) is 10.5. The number of aryl methyl sites for hydroxylation is 2. The van der Waals surface area contributed by atoms with Crippen LogP contribution in [-0.2, 0) is 6.54 Å². The largest absolute Gasteiger partial charge is 0.375 e. The summed E-state index contributed by atoms with van der Waals surface area (Å²) in [5, 5.41) is 4.12. The third kappa shape index (κ3) is 2.80. The van der Waals surface area contributed by atoms with Gasteiger partial charge in [0.2, 0.25) is 0 Å². The van der Waals surface area contributed by atoms with E-state index in [9.17, 15) is 4.79 Å². The van der Waals surface area contributed by atoms with Crippen LogP contribution in [-0.4, -0.2) is 15.9 Å². The minimum absolute atomic E-state index is 0.149. The van der Waals surface area contributed by atoms with E-state index in [0.717, 1.165) is 9.88 Å². The highest BCUT2D eigenvalue weighted by Gasteiger charge is 2.14. The van der Waals surface area contributed by atoms with Crippen molar-refractivity contribution in [3.8, 4) is 0 Å². The number of nitrogens with one attached hydrogen (secondary N) is 1. The van der Waals surface area contributed by atoms with E-state index < -0.39 is 0 Å². The van der Waals surface area contributed by atoms with E-state index in [2.05, 4.69) is 15.3 Å². The van der Waals surface area contributed by atoms with Crippen LogP contribution in [0.5, 0.6) is 0 Å². The number of anilines is 1. The van der Waals surface area contributed by atoms with Gasteiger partial charge in [0, 0.05) is 11.1 Å². The van der Waals surface area contributed by atoms with Crippen LogP contribution >= 0.6 is 22.7 Å². The number of nitrogens with two attached hydrogens (primary N) is 1. The van der Waals surface area contributed by atoms with Crippen LogP contribution in [0.4, 0.5) is 5.13 Å². The molecular formula is C10H12N4OS2. The number of nitrogens with zero attached hydrogens (tertiary/aromatic N) is 2. The number of aromatic nitrogens is 2. The van der Waals surface area contributed by atoms with Crippen LogP contribution in [0.2, 0.25) is 0 Å². The number of hydrogen-bond acceptors (Lipinski definition) is 6. The van der Waals surface area contributed by atoms with Gasteiger partial charge in [0.15, 0.2) is 5.13 Å². The molecule has 0 fully saturated rings. The van der Waals surface area contributed by atoms with Crippen molar-refractivity contribution in [2.45, 2.75) is 20.4 Å². The van der Waals surface area contributed by atoms with Gasteiger partial charge in [-0.25, -0.2) is 9.97 Å². The average molecular weight is 268 g/mol. The maximum atomic E-state index is 11.8. The van der Waals surface area contributed by atoms with Gasteiger partial charge in [-0.2, -0.15) is 0 Å². The number of amides is 1. The zero-order chi connectivity index (χ0) is 12.4. The SMILES string of the molecule is Cc1cnc(CNC(=O)c2sc(N)nc2C)s1. The summed E-state index contributed by atoms with van der Waals surface area (Å²) < 4.78 is 0. The summed E-state index contributed by atoms with van der Waals surface area (Å²) in [5.74, 6) is -0.149. The van der Waals surface area contributed by atoms with Crippen LogP contribution in [0.1, 0.15) is 25.3 Å². The lowest BCUT2D eigenvalue weighted by atomic mass is 10.4. The highest BCUT2D eigenvalue weighted by molar-refractivity contribution is 7.17. The minimum Gasteiger partial charge on any atom is -0.375 e. The summed E-state index contributed by atoms with van der Waals surface area (Å²) in [6.45, 7) is 4.20. The maximum absolute atomic E-state index is 11.8. The third-order valence-electron chi connectivity index (χ3n) is 2.09. The molecule has 90 valence electrons. The fraction of sp³-hybridized carbons (Fsp3) is 0.300. The fourth-order valence-corrected chi connectivity index (χ4v) is 2.82. The molecule has 0 saturated carbocycles. The Hall–Kier alpha value is -1.47. The lowest BCUT2D eigenvalue weighted by molar-refractivity contribution is 0.0954. The third-order valence-corrected chi connectivity index (χ3v) is 3.99. The summed E-state index contributed by atoms with van der Waals surface area (Å²) in [6, 6.07) is 0. The molecule has 2 heterocycles. The molecular weight excluding hydrogens is 256 g/mol. The van der Waals surface area contributed by atoms with Crippen molar-refractivity contribution < 1.29 is 4.79 Å². The first-order valence-corrected chi connectivity index (χ1v) is 6.62.